The molecule has 0 saturated carbocycles. The Balaban J connectivity index is 2.74. The summed E-state index contributed by atoms with van der Waals surface area (Å²) >= 11 is 0. The number of anilines is 2. The minimum Gasteiger partial charge on any atom is -0.450 e. The van der Waals surface area contributed by atoms with Crippen LogP contribution in [-0.4, -0.2) is 37.0 Å². The van der Waals surface area contributed by atoms with E-state index in [2.05, 4.69) is 16.0 Å². The van der Waals surface area contributed by atoms with Crippen LogP contribution in [0.25, 0.3) is 0 Å². The molecule has 1 aromatic carbocycles. The number of urea groups is 1. The van der Waals surface area contributed by atoms with E-state index >= 15 is 0 Å². The molecule has 7 heteroatoms. The van der Waals surface area contributed by atoms with Crippen LogP contribution in [0.4, 0.5) is 21.0 Å². The summed E-state index contributed by atoms with van der Waals surface area (Å²) in [6.45, 7) is 3.81. The molecule has 110 valence electrons. The van der Waals surface area contributed by atoms with Gasteiger partial charge in [0.1, 0.15) is 0 Å². The first kappa shape index (κ1) is 15.8. The zero-order valence-electron chi connectivity index (χ0n) is 11.5. The number of hydrogen-bond donors (Lipinski definition) is 4. The first-order valence-electron chi connectivity index (χ1n) is 6.27. The Morgan fingerprint density at radius 1 is 1.25 bits per heavy atom. The maximum atomic E-state index is 11.5. The summed E-state index contributed by atoms with van der Waals surface area (Å²) in [7, 11) is 0. The van der Waals surface area contributed by atoms with E-state index in [4.69, 9.17) is 9.84 Å². The standard InChI is InChI=1S/C13H19N3O4/c1-3-20-13(19)16-11-6-4-5-10(9(11)2)15-12(18)14-7-8-17/h4-6,17H,3,7-8H2,1-2H3,(H,16,19)(H2,14,15,18). The number of nitrogens with one attached hydrogen (secondary N) is 3. The molecule has 4 N–H and O–H groups in total. The molecule has 0 aliphatic heterocycles. The Labute approximate surface area is 117 Å². The lowest BCUT2D eigenvalue weighted by atomic mass is 10.1. The zero-order chi connectivity index (χ0) is 15.0. The highest BCUT2D eigenvalue weighted by Crippen LogP contribution is 2.23. The summed E-state index contributed by atoms with van der Waals surface area (Å²) in [5.41, 5.74) is 1.83. The third kappa shape index (κ3) is 4.77. The summed E-state index contributed by atoms with van der Waals surface area (Å²) in [6.07, 6.45) is -0.544. The molecular weight excluding hydrogens is 262 g/mol. The molecule has 1 aromatic rings. The SMILES string of the molecule is CCOC(=O)Nc1cccc(NC(=O)NCCO)c1C. The van der Waals surface area contributed by atoms with Gasteiger partial charge in [0.05, 0.1) is 13.2 Å². The largest absolute Gasteiger partial charge is 0.450 e. The molecule has 7 nitrogen and oxygen atoms in total. The van der Waals surface area contributed by atoms with Crippen molar-refractivity contribution in [1.29, 1.82) is 0 Å². The van der Waals surface area contributed by atoms with Crippen LogP contribution in [0.3, 0.4) is 0 Å². The second kappa shape index (κ2) is 8.00. The molecule has 0 atom stereocenters. The highest BCUT2D eigenvalue weighted by atomic mass is 16.5. The molecule has 0 aliphatic carbocycles. The van der Waals surface area contributed by atoms with Gasteiger partial charge in [-0.2, -0.15) is 0 Å². The van der Waals surface area contributed by atoms with Gasteiger partial charge in [-0.15, -0.1) is 0 Å². The van der Waals surface area contributed by atoms with Gasteiger partial charge in [-0.1, -0.05) is 6.07 Å². The van der Waals surface area contributed by atoms with Gasteiger partial charge in [0.2, 0.25) is 0 Å². The Morgan fingerprint density at radius 3 is 2.50 bits per heavy atom. The normalized spacial score (nSPS) is 9.75. The number of carbonyl (C=O) groups excluding carboxylic acids is 2. The fraction of sp³-hybridized carbons (Fsp3) is 0.385. The molecule has 0 aliphatic rings. The van der Waals surface area contributed by atoms with Crippen molar-refractivity contribution >= 4 is 23.5 Å². The van der Waals surface area contributed by atoms with E-state index in [1.807, 2.05) is 0 Å². The van der Waals surface area contributed by atoms with Crippen LogP contribution >= 0.6 is 0 Å². The first-order chi connectivity index (χ1) is 9.58. The van der Waals surface area contributed by atoms with Crippen molar-refractivity contribution in [2.24, 2.45) is 0 Å². The second-order valence-electron chi connectivity index (χ2n) is 3.93. The number of benzene rings is 1. The monoisotopic (exact) mass is 281 g/mol. The van der Waals surface area contributed by atoms with E-state index in [1.54, 1.807) is 32.0 Å². The maximum absolute atomic E-state index is 11.5. The third-order valence-electron chi connectivity index (χ3n) is 2.49. The Kier molecular flexibility index (Phi) is 6.31. The van der Waals surface area contributed by atoms with Gasteiger partial charge in [0, 0.05) is 17.9 Å². The van der Waals surface area contributed by atoms with Gasteiger partial charge >= 0.3 is 12.1 Å². The summed E-state index contributed by atoms with van der Waals surface area (Å²) in [5.74, 6) is 0. The summed E-state index contributed by atoms with van der Waals surface area (Å²) in [4.78, 5) is 22.9. The van der Waals surface area contributed by atoms with Crippen molar-refractivity contribution in [2.45, 2.75) is 13.8 Å². The predicted octanol–water partition coefficient (Wildman–Crippen LogP) is 1.68. The molecular formula is C13H19N3O4. The molecule has 0 heterocycles. The van der Waals surface area contributed by atoms with Crippen molar-refractivity contribution in [3.05, 3.63) is 23.8 Å². The maximum Gasteiger partial charge on any atom is 0.411 e. The van der Waals surface area contributed by atoms with Crippen molar-refractivity contribution in [3.63, 3.8) is 0 Å². The number of ether oxygens (including phenoxy) is 1. The molecule has 0 bridgehead atoms. The zero-order valence-corrected chi connectivity index (χ0v) is 11.5. The molecule has 0 saturated heterocycles. The quantitative estimate of drug-likeness (QED) is 0.659. The number of amides is 3. The third-order valence-corrected chi connectivity index (χ3v) is 2.49. The summed E-state index contributed by atoms with van der Waals surface area (Å²) in [5, 5.41) is 16.3. The van der Waals surface area contributed by atoms with E-state index in [9.17, 15) is 9.59 Å². The van der Waals surface area contributed by atoms with Crippen molar-refractivity contribution in [1.82, 2.24) is 5.32 Å². The van der Waals surface area contributed by atoms with Crippen LogP contribution in [0.5, 0.6) is 0 Å². The molecule has 0 unspecified atom stereocenters. The Bertz CT molecular complexity index is 477. The van der Waals surface area contributed by atoms with Crippen LogP contribution < -0.4 is 16.0 Å². The highest BCUT2D eigenvalue weighted by molar-refractivity contribution is 5.93. The van der Waals surface area contributed by atoms with Crippen molar-refractivity contribution < 1.29 is 19.4 Å². The topological polar surface area (TPSA) is 99.7 Å². The van der Waals surface area contributed by atoms with Gasteiger partial charge in [0.25, 0.3) is 0 Å². The lowest BCUT2D eigenvalue weighted by Crippen LogP contribution is -2.31. The Morgan fingerprint density at radius 2 is 1.90 bits per heavy atom. The molecule has 1 rings (SSSR count). The van der Waals surface area contributed by atoms with Crippen LogP contribution in [0.1, 0.15) is 12.5 Å². The van der Waals surface area contributed by atoms with E-state index < -0.39 is 12.1 Å². The lowest BCUT2D eigenvalue weighted by molar-refractivity contribution is 0.168. The van der Waals surface area contributed by atoms with E-state index in [0.29, 0.717) is 16.9 Å². The number of rotatable bonds is 5. The van der Waals surface area contributed by atoms with Crippen LogP contribution in [0, 0.1) is 6.92 Å². The van der Waals surface area contributed by atoms with Crippen molar-refractivity contribution in [2.75, 3.05) is 30.4 Å². The molecule has 3 amide bonds. The van der Waals surface area contributed by atoms with Crippen molar-refractivity contribution in [3.8, 4) is 0 Å². The highest BCUT2D eigenvalue weighted by Gasteiger charge is 2.09. The number of carbonyl (C=O) groups is 2. The number of aliphatic hydroxyl groups excluding tert-OH is 1. The van der Waals surface area contributed by atoms with Gasteiger partial charge in [-0.25, -0.2) is 9.59 Å². The van der Waals surface area contributed by atoms with E-state index in [-0.39, 0.29) is 19.8 Å². The van der Waals surface area contributed by atoms with Gasteiger partial charge in [0.15, 0.2) is 0 Å². The number of hydrogen-bond acceptors (Lipinski definition) is 4. The average Bonchev–Trinajstić information content (AvgIpc) is 2.41. The number of aliphatic hydroxyl groups is 1. The molecule has 0 radical (unpaired) electrons. The molecule has 0 aromatic heterocycles. The van der Waals surface area contributed by atoms with Crippen LogP contribution in [0.15, 0.2) is 18.2 Å². The minimum atomic E-state index is -0.544. The van der Waals surface area contributed by atoms with Gasteiger partial charge in [-0.05, 0) is 31.5 Å². The van der Waals surface area contributed by atoms with E-state index in [1.165, 1.54) is 0 Å². The van der Waals surface area contributed by atoms with E-state index in [0.717, 1.165) is 0 Å². The van der Waals surface area contributed by atoms with Crippen LogP contribution in [-0.2, 0) is 4.74 Å². The average molecular weight is 281 g/mol. The predicted molar refractivity (Wildman–Crippen MR) is 75.9 cm³/mol. The van der Waals surface area contributed by atoms with Gasteiger partial charge < -0.3 is 20.5 Å². The first-order valence-corrected chi connectivity index (χ1v) is 6.27. The fourth-order valence-electron chi connectivity index (χ4n) is 1.52. The summed E-state index contributed by atoms with van der Waals surface area (Å²) < 4.78 is 4.80. The summed E-state index contributed by atoms with van der Waals surface area (Å²) in [6, 6.07) is 4.71. The van der Waals surface area contributed by atoms with Crippen LogP contribution in [0.2, 0.25) is 0 Å². The second-order valence-corrected chi connectivity index (χ2v) is 3.93. The Hall–Kier alpha value is -2.28. The smallest absolute Gasteiger partial charge is 0.411 e. The minimum absolute atomic E-state index is 0.128. The molecule has 0 spiro atoms. The molecule has 0 fully saturated rings. The lowest BCUT2D eigenvalue weighted by Gasteiger charge is -2.13. The van der Waals surface area contributed by atoms with Gasteiger partial charge in [-0.3, -0.25) is 5.32 Å². The fourth-order valence-corrected chi connectivity index (χ4v) is 1.52. The molecule has 20 heavy (non-hydrogen) atoms.